The Hall–Kier alpha value is -2.21. The van der Waals surface area contributed by atoms with Crippen molar-refractivity contribution < 1.29 is 4.92 Å². The van der Waals surface area contributed by atoms with Gasteiger partial charge in [-0.2, -0.15) is 0 Å². The van der Waals surface area contributed by atoms with Crippen molar-refractivity contribution in [1.82, 2.24) is 4.98 Å². The molecule has 104 valence electrons. The number of hydrogen-bond acceptors (Lipinski definition) is 5. The number of aromatic nitrogens is 1. The van der Waals surface area contributed by atoms with Crippen LogP contribution in [0.2, 0.25) is 0 Å². The summed E-state index contributed by atoms with van der Waals surface area (Å²) in [4.78, 5) is 17.1. The summed E-state index contributed by atoms with van der Waals surface area (Å²) in [5.41, 5.74) is 7.49. The number of nitro groups is 1. The number of benzene rings is 1. The smallest absolute Gasteiger partial charge is 0.295 e. The Morgan fingerprint density at radius 3 is 3.00 bits per heavy atom. The molecule has 1 aromatic carbocycles. The predicted molar refractivity (Wildman–Crippen MR) is 77.8 cm³/mol. The van der Waals surface area contributed by atoms with Gasteiger partial charge in [0, 0.05) is 42.5 Å². The molecule has 3 rings (SSSR count). The van der Waals surface area contributed by atoms with Gasteiger partial charge in [0.05, 0.1) is 4.92 Å². The van der Waals surface area contributed by atoms with Gasteiger partial charge in [0.25, 0.3) is 5.69 Å². The second-order valence-electron chi connectivity index (χ2n) is 5.11. The van der Waals surface area contributed by atoms with Gasteiger partial charge in [0.2, 0.25) is 0 Å². The average Bonchev–Trinajstić information content (AvgIpc) is 2.45. The van der Waals surface area contributed by atoms with Crippen LogP contribution in [0.15, 0.2) is 30.5 Å². The molecule has 6 heteroatoms. The van der Waals surface area contributed by atoms with Gasteiger partial charge in [-0.1, -0.05) is 12.1 Å². The topological polar surface area (TPSA) is 85.3 Å². The minimum atomic E-state index is -0.388. The first-order chi connectivity index (χ1) is 9.66. The molecule has 1 aliphatic heterocycles. The summed E-state index contributed by atoms with van der Waals surface area (Å²) in [6.07, 6.45) is 3.70. The van der Waals surface area contributed by atoms with E-state index in [1.807, 2.05) is 12.1 Å². The van der Waals surface area contributed by atoms with E-state index in [4.69, 9.17) is 5.73 Å². The van der Waals surface area contributed by atoms with Crippen LogP contribution in [0.3, 0.4) is 0 Å². The van der Waals surface area contributed by atoms with Gasteiger partial charge in [0.1, 0.15) is 5.52 Å². The van der Waals surface area contributed by atoms with E-state index in [1.165, 1.54) is 6.07 Å². The average molecular weight is 272 g/mol. The van der Waals surface area contributed by atoms with Crippen LogP contribution in [-0.2, 0) is 0 Å². The number of anilines is 1. The first kappa shape index (κ1) is 12.8. The Morgan fingerprint density at radius 2 is 2.25 bits per heavy atom. The second-order valence-corrected chi connectivity index (χ2v) is 5.11. The van der Waals surface area contributed by atoms with Crippen LogP contribution in [0.4, 0.5) is 11.4 Å². The number of para-hydroxylation sites is 1. The molecule has 0 bridgehead atoms. The number of pyridine rings is 1. The van der Waals surface area contributed by atoms with Gasteiger partial charge in [-0.25, -0.2) is 4.98 Å². The summed E-state index contributed by atoms with van der Waals surface area (Å²) in [6.45, 7) is 1.71. The molecular formula is C14H16N4O2. The summed E-state index contributed by atoms with van der Waals surface area (Å²) < 4.78 is 0. The van der Waals surface area contributed by atoms with Crippen LogP contribution in [-0.4, -0.2) is 29.0 Å². The van der Waals surface area contributed by atoms with E-state index in [-0.39, 0.29) is 16.7 Å². The van der Waals surface area contributed by atoms with Crippen LogP contribution < -0.4 is 10.6 Å². The van der Waals surface area contributed by atoms with E-state index >= 15 is 0 Å². The zero-order valence-electron chi connectivity index (χ0n) is 11.0. The summed E-state index contributed by atoms with van der Waals surface area (Å²) in [5.74, 6) is 0. The lowest BCUT2D eigenvalue weighted by Crippen LogP contribution is -2.42. The Morgan fingerprint density at radius 1 is 1.40 bits per heavy atom. The molecule has 2 heterocycles. The molecule has 0 unspecified atom stereocenters. The van der Waals surface area contributed by atoms with Crippen molar-refractivity contribution in [3.05, 3.63) is 40.6 Å². The fraction of sp³-hybridized carbons (Fsp3) is 0.357. The van der Waals surface area contributed by atoms with Crippen LogP contribution in [0, 0.1) is 10.1 Å². The van der Waals surface area contributed by atoms with Gasteiger partial charge in [-0.3, -0.25) is 10.1 Å². The zero-order valence-corrected chi connectivity index (χ0v) is 11.0. The molecule has 2 N–H and O–H groups in total. The molecule has 1 fully saturated rings. The molecule has 1 aromatic heterocycles. The molecule has 1 aliphatic rings. The second kappa shape index (κ2) is 5.05. The molecule has 0 saturated carbocycles. The van der Waals surface area contributed by atoms with Crippen LogP contribution in [0.1, 0.15) is 12.8 Å². The number of fused-ring (bicyclic) bond motifs is 1. The van der Waals surface area contributed by atoms with Gasteiger partial charge in [-0.05, 0) is 18.9 Å². The van der Waals surface area contributed by atoms with Gasteiger partial charge < -0.3 is 10.6 Å². The first-order valence-corrected chi connectivity index (χ1v) is 6.69. The fourth-order valence-corrected chi connectivity index (χ4v) is 2.80. The molecule has 6 nitrogen and oxygen atoms in total. The molecule has 0 radical (unpaired) electrons. The van der Waals surface area contributed by atoms with Crippen molar-refractivity contribution in [3.8, 4) is 0 Å². The quantitative estimate of drug-likeness (QED) is 0.668. The van der Waals surface area contributed by atoms with Crippen LogP contribution in [0.5, 0.6) is 0 Å². The van der Waals surface area contributed by atoms with Crippen molar-refractivity contribution in [3.63, 3.8) is 0 Å². The van der Waals surface area contributed by atoms with E-state index in [0.717, 1.165) is 37.0 Å². The third-order valence-corrected chi connectivity index (χ3v) is 3.72. The van der Waals surface area contributed by atoms with E-state index in [9.17, 15) is 10.1 Å². The first-order valence-electron chi connectivity index (χ1n) is 6.69. The summed E-state index contributed by atoms with van der Waals surface area (Å²) in [7, 11) is 0. The lowest BCUT2D eigenvalue weighted by atomic mass is 10.0. The lowest BCUT2D eigenvalue weighted by molar-refractivity contribution is -0.383. The third kappa shape index (κ3) is 2.18. The predicted octanol–water partition coefficient (Wildman–Crippen LogP) is 2.07. The van der Waals surface area contributed by atoms with Gasteiger partial charge >= 0.3 is 0 Å². The molecule has 2 aromatic rings. The maximum absolute atomic E-state index is 11.1. The van der Waals surface area contributed by atoms with Gasteiger partial charge in [-0.15, -0.1) is 0 Å². The standard InChI is InChI=1S/C14H16N4O2/c15-10-3-2-8-17(9-10)12-6-7-16-14-11(12)4-1-5-13(14)18(19)20/h1,4-7,10H,2-3,8-9,15H2/t10-/m1/s1. The molecular weight excluding hydrogens is 256 g/mol. The highest BCUT2D eigenvalue weighted by molar-refractivity contribution is 5.96. The molecule has 1 atom stereocenters. The summed E-state index contributed by atoms with van der Waals surface area (Å²) >= 11 is 0. The highest BCUT2D eigenvalue weighted by atomic mass is 16.6. The van der Waals surface area contributed by atoms with Crippen molar-refractivity contribution in [1.29, 1.82) is 0 Å². The number of non-ortho nitro benzene ring substituents is 1. The van der Waals surface area contributed by atoms with Crippen LogP contribution in [0.25, 0.3) is 10.9 Å². The number of nitrogens with two attached hydrogens (primary N) is 1. The largest absolute Gasteiger partial charge is 0.369 e. The normalized spacial score (nSPS) is 19.2. The summed E-state index contributed by atoms with van der Waals surface area (Å²) in [6, 6.07) is 7.14. The Balaban J connectivity index is 2.12. The van der Waals surface area contributed by atoms with Crippen molar-refractivity contribution in [2.24, 2.45) is 5.73 Å². The number of nitro benzene ring substituents is 1. The monoisotopic (exact) mass is 272 g/mol. The highest BCUT2D eigenvalue weighted by Crippen LogP contribution is 2.31. The van der Waals surface area contributed by atoms with Crippen molar-refractivity contribution >= 4 is 22.3 Å². The minimum Gasteiger partial charge on any atom is -0.369 e. The minimum absolute atomic E-state index is 0.0469. The Labute approximate surface area is 116 Å². The number of rotatable bonds is 2. The van der Waals surface area contributed by atoms with E-state index < -0.39 is 0 Å². The summed E-state index contributed by atoms with van der Waals surface area (Å²) in [5, 5.41) is 11.9. The van der Waals surface area contributed by atoms with E-state index in [0.29, 0.717) is 5.52 Å². The lowest BCUT2D eigenvalue weighted by Gasteiger charge is -2.33. The fourth-order valence-electron chi connectivity index (χ4n) is 2.80. The van der Waals surface area contributed by atoms with E-state index in [1.54, 1.807) is 12.3 Å². The van der Waals surface area contributed by atoms with Crippen molar-refractivity contribution in [2.75, 3.05) is 18.0 Å². The third-order valence-electron chi connectivity index (χ3n) is 3.72. The number of hydrogen-bond donors (Lipinski definition) is 1. The number of nitrogens with zero attached hydrogens (tertiary/aromatic N) is 3. The molecule has 20 heavy (non-hydrogen) atoms. The Kier molecular flexibility index (Phi) is 3.23. The SMILES string of the molecule is N[C@@H]1CCCN(c2ccnc3c([N+](=O)[O-])cccc23)C1. The molecule has 0 spiro atoms. The zero-order chi connectivity index (χ0) is 14.1. The maximum Gasteiger partial charge on any atom is 0.295 e. The number of piperidine rings is 1. The van der Waals surface area contributed by atoms with Gasteiger partial charge in [0.15, 0.2) is 0 Å². The molecule has 0 amide bonds. The maximum atomic E-state index is 11.1. The molecule has 1 saturated heterocycles. The van der Waals surface area contributed by atoms with E-state index in [2.05, 4.69) is 9.88 Å². The van der Waals surface area contributed by atoms with Crippen molar-refractivity contribution in [2.45, 2.75) is 18.9 Å². The highest BCUT2D eigenvalue weighted by Gasteiger charge is 2.21. The Bertz CT molecular complexity index is 659. The van der Waals surface area contributed by atoms with Crippen LogP contribution >= 0.6 is 0 Å². The molecule has 0 aliphatic carbocycles.